The molecule has 0 amide bonds. The first kappa shape index (κ1) is 56.1. The minimum Gasteiger partial charge on any atom is -0.544 e. The summed E-state index contributed by atoms with van der Waals surface area (Å²) in [6.07, 6.45) is 45.5. The van der Waals surface area contributed by atoms with Crippen molar-refractivity contribution >= 4 is 17.9 Å². The van der Waals surface area contributed by atoms with Gasteiger partial charge in [0.25, 0.3) is 0 Å². The van der Waals surface area contributed by atoms with Crippen molar-refractivity contribution < 1.29 is 38.2 Å². The molecule has 0 aromatic heterocycles. The number of quaternary nitrogens is 1. The van der Waals surface area contributed by atoms with Crippen LogP contribution in [0.1, 0.15) is 239 Å². The number of unbranched alkanes of at least 4 members (excludes halogenated alkanes) is 29. The van der Waals surface area contributed by atoms with Crippen molar-refractivity contribution in [3.05, 3.63) is 12.2 Å². The summed E-state index contributed by atoms with van der Waals surface area (Å²) < 4.78 is 17.2. The van der Waals surface area contributed by atoms with E-state index in [-0.39, 0.29) is 42.7 Å². The molecule has 0 saturated carbocycles. The zero-order valence-corrected chi connectivity index (χ0v) is 39.0. The Morgan fingerprint density at radius 2 is 0.897 bits per heavy atom. The molecule has 58 heavy (non-hydrogen) atoms. The van der Waals surface area contributed by atoms with Gasteiger partial charge in [-0.25, -0.2) is 0 Å². The highest BCUT2D eigenvalue weighted by Crippen LogP contribution is 2.17. The molecule has 342 valence electrons. The summed E-state index contributed by atoms with van der Waals surface area (Å²) >= 11 is 0. The van der Waals surface area contributed by atoms with Crippen LogP contribution in [0.5, 0.6) is 0 Å². The molecule has 0 fully saturated rings. The van der Waals surface area contributed by atoms with Crippen molar-refractivity contribution in [2.24, 2.45) is 0 Å². The minimum absolute atomic E-state index is 0.0426. The molecule has 0 aromatic rings. The molecule has 0 radical (unpaired) electrons. The highest BCUT2D eigenvalue weighted by molar-refractivity contribution is 5.70. The third-order valence-corrected chi connectivity index (χ3v) is 11.4. The van der Waals surface area contributed by atoms with Crippen LogP contribution in [0.25, 0.3) is 0 Å². The smallest absolute Gasteiger partial charge is 0.306 e. The van der Waals surface area contributed by atoms with Crippen molar-refractivity contribution in [3.63, 3.8) is 0 Å². The Labute approximate surface area is 359 Å². The number of aliphatic carboxylic acids is 1. The lowest BCUT2D eigenvalue weighted by molar-refractivity contribution is -0.889. The first-order chi connectivity index (χ1) is 28.1. The van der Waals surface area contributed by atoms with Gasteiger partial charge in [-0.1, -0.05) is 199 Å². The lowest BCUT2D eigenvalue weighted by atomic mass is 10.0. The molecule has 0 aliphatic carbocycles. The van der Waals surface area contributed by atoms with Gasteiger partial charge in [0.15, 0.2) is 6.10 Å². The number of likely N-dealkylation sites (N-methyl/N-ethyl adjacent to an activating group) is 1. The topological polar surface area (TPSA) is 102 Å². The number of carboxylic acid groups (broad SMARTS) is 1. The Bertz CT molecular complexity index is 962. The molecule has 0 heterocycles. The van der Waals surface area contributed by atoms with Crippen molar-refractivity contribution in [3.8, 4) is 0 Å². The van der Waals surface area contributed by atoms with Gasteiger partial charge in [0.2, 0.25) is 0 Å². The van der Waals surface area contributed by atoms with E-state index in [1.807, 2.05) is 0 Å². The van der Waals surface area contributed by atoms with Gasteiger partial charge in [-0.15, -0.1) is 0 Å². The second kappa shape index (κ2) is 41.8. The SMILES string of the molecule is CCC/C=C\CCCCCCCC(=O)OC(COCCC(C(=O)[O-])[N+](C)(C)C)COC(=O)CCCCCCCCCCCCCCCCCCCCCCCCCC. The molecule has 0 N–H and O–H groups in total. The maximum absolute atomic E-state index is 12.7. The number of nitrogens with zero attached hydrogens (tertiary/aromatic N) is 1. The van der Waals surface area contributed by atoms with E-state index in [4.69, 9.17) is 14.2 Å². The van der Waals surface area contributed by atoms with Crippen molar-refractivity contribution in [2.75, 3.05) is 41.0 Å². The van der Waals surface area contributed by atoms with Crippen molar-refractivity contribution in [1.29, 1.82) is 0 Å². The Morgan fingerprint density at radius 3 is 1.31 bits per heavy atom. The monoisotopic (exact) mass is 822 g/mol. The van der Waals surface area contributed by atoms with Crippen LogP contribution in [0.15, 0.2) is 12.2 Å². The third-order valence-electron chi connectivity index (χ3n) is 11.4. The molecule has 0 aliphatic heterocycles. The van der Waals surface area contributed by atoms with Crippen LogP contribution < -0.4 is 5.11 Å². The summed E-state index contributed by atoms with van der Waals surface area (Å²) in [5.74, 6) is -1.73. The number of esters is 2. The summed E-state index contributed by atoms with van der Waals surface area (Å²) in [4.78, 5) is 36.8. The first-order valence-electron chi connectivity index (χ1n) is 24.7. The number of carboxylic acids is 1. The fraction of sp³-hybridized carbons (Fsp3) is 0.900. The van der Waals surface area contributed by atoms with E-state index >= 15 is 0 Å². The first-order valence-corrected chi connectivity index (χ1v) is 24.7. The van der Waals surface area contributed by atoms with Crippen LogP contribution in [0.4, 0.5) is 0 Å². The maximum Gasteiger partial charge on any atom is 0.306 e. The van der Waals surface area contributed by atoms with Gasteiger partial charge < -0.3 is 28.6 Å². The van der Waals surface area contributed by atoms with Crippen molar-refractivity contribution in [1.82, 2.24) is 0 Å². The van der Waals surface area contributed by atoms with Crippen LogP contribution in [-0.2, 0) is 28.6 Å². The number of rotatable bonds is 45. The highest BCUT2D eigenvalue weighted by Gasteiger charge is 2.25. The average Bonchev–Trinajstić information content (AvgIpc) is 3.18. The molecule has 8 heteroatoms. The number of ether oxygens (including phenoxy) is 3. The molecule has 2 atom stereocenters. The van der Waals surface area contributed by atoms with Gasteiger partial charge in [-0.2, -0.15) is 0 Å². The average molecular weight is 822 g/mol. The molecule has 0 spiro atoms. The van der Waals surface area contributed by atoms with Gasteiger partial charge >= 0.3 is 11.9 Å². The van der Waals surface area contributed by atoms with Crippen molar-refractivity contribution in [2.45, 2.75) is 251 Å². The van der Waals surface area contributed by atoms with E-state index < -0.39 is 18.1 Å². The van der Waals surface area contributed by atoms with E-state index in [2.05, 4.69) is 26.0 Å². The Balaban J connectivity index is 4.06. The fourth-order valence-electron chi connectivity index (χ4n) is 7.55. The number of hydrogen-bond donors (Lipinski definition) is 0. The zero-order chi connectivity index (χ0) is 42.8. The van der Waals surface area contributed by atoms with Crippen LogP contribution in [0.2, 0.25) is 0 Å². The van der Waals surface area contributed by atoms with Gasteiger partial charge in [-0.05, 0) is 32.1 Å². The summed E-state index contributed by atoms with van der Waals surface area (Å²) in [6.45, 7) is 4.63. The Hall–Kier alpha value is -1.93. The molecular formula is C50H95NO7. The van der Waals surface area contributed by atoms with Gasteiger partial charge in [-0.3, -0.25) is 9.59 Å². The van der Waals surface area contributed by atoms with Gasteiger partial charge in [0.05, 0.1) is 40.3 Å². The number of carbonyl (C=O) groups is 3. The fourth-order valence-corrected chi connectivity index (χ4v) is 7.55. The molecule has 8 nitrogen and oxygen atoms in total. The van der Waals surface area contributed by atoms with Gasteiger partial charge in [0, 0.05) is 19.3 Å². The van der Waals surface area contributed by atoms with Crippen LogP contribution in [0.3, 0.4) is 0 Å². The summed E-state index contributed by atoms with van der Waals surface area (Å²) in [5, 5.41) is 11.6. The van der Waals surface area contributed by atoms with E-state index in [1.165, 1.54) is 148 Å². The Morgan fingerprint density at radius 1 is 0.500 bits per heavy atom. The Kier molecular flexibility index (Phi) is 40.4. The molecule has 2 unspecified atom stereocenters. The molecular weight excluding hydrogens is 727 g/mol. The third kappa shape index (κ3) is 39.5. The molecule has 0 aromatic carbocycles. The number of hydrogen-bond acceptors (Lipinski definition) is 7. The highest BCUT2D eigenvalue weighted by atomic mass is 16.6. The summed E-state index contributed by atoms with van der Waals surface area (Å²) in [5.41, 5.74) is 0. The second-order valence-electron chi connectivity index (χ2n) is 18.1. The molecule has 0 aliphatic rings. The van der Waals surface area contributed by atoms with Crippen LogP contribution in [-0.4, -0.2) is 75.5 Å². The van der Waals surface area contributed by atoms with Gasteiger partial charge in [0.1, 0.15) is 12.6 Å². The molecule has 0 rings (SSSR count). The lowest BCUT2D eigenvalue weighted by Gasteiger charge is -2.34. The largest absolute Gasteiger partial charge is 0.544 e. The molecule has 0 saturated heterocycles. The van der Waals surface area contributed by atoms with E-state index in [1.54, 1.807) is 21.1 Å². The quantitative estimate of drug-likeness (QED) is 0.0261. The summed E-state index contributed by atoms with van der Waals surface area (Å²) in [6, 6.07) is -0.722. The number of allylic oxidation sites excluding steroid dienone is 2. The zero-order valence-electron chi connectivity index (χ0n) is 39.0. The lowest BCUT2D eigenvalue weighted by Crippen LogP contribution is -2.55. The normalized spacial score (nSPS) is 12.9. The van der Waals surface area contributed by atoms with E-state index in [0.717, 1.165) is 57.8 Å². The maximum atomic E-state index is 12.7. The predicted molar refractivity (Wildman–Crippen MR) is 241 cm³/mol. The van der Waals surface area contributed by atoms with Crippen LogP contribution >= 0.6 is 0 Å². The molecule has 0 bridgehead atoms. The number of carbonyl (C=O) groups excluding carboxylic acids is 3. The second-order valence-corrected chi connectivity index (χ2v) is 18.1. The van der Waals surface area contributed by atoms with E-state index in [0.29, 0.717) is 12.8 Å². The standard InChI is InChI=1S/C50H95NO7/c1-6-8-10-12-14-16-18-19-20-21-22-23-24-25-26-27-28-29-30-31-33-34-36-38-40-48(52)57-45-46(44-56-43-42-47(50(54)55)51(3,4)5)58-49(53)41-39-37-35-32-17-15-13-11-9-7-2/h11,13,46-47H,6-10,12,14-45H2,1-5H3/b13-11-. The predicted octanol–water partition coefficient (Wildman–Crippen LogP) is 12.5. The minimum atomic E-state index is -1.12. The van der Waals surface area contributed by atoms with E-state index in [9.17, 15) is 19.5 Å². The van der Waals surface area contributed by atoms with Crippen LogP contribution in [0, 0.1) is 0 Å². The summed E-state index contributed by atoms with van der Waals surface area (Å²) in [7, 11) is 5.41.